The maximum atomic E-state index is 12.2. The molecule has 0 aromatic rings. The molecule has 0 fully saturated rings. The van der Waals surface area contributed by atoms with Gasteiger partial charge in [0, 0.05) is 29.1 Å². The van der Waals surface area contributed by atoms with Crippen LogP contribution in [0.2, 0.25) is 0 Å². The SMILES string of the molecule is CCOP(=O)(OCC)OC(C#N)/C=C/C=C/[C@H](OC)[C@@H](C)N=[N+]=[N-].[C-]#[O+].[C-]#[O+].[C-]#[O+].[Fe]. The molecule has 0 amide bonds. The van der Waals surface area contributed by atoms with E-state index >= 15 is 0 Å². The van der Waals surface area contributed by atoms with Gasteiger partial charge in [0.05, 0.1) is 31.4 Å². The second-order valence-corrected chi connectivity index (χ2v) is 5.98. The van der Waals surface area contributed by atoms with Gasteiger partial charge in [0.25, 0.3) is 0 Å². The molecule has 0 heterocycles. The number of hydrogen-bond donors (Lipinski definition) is 0. The number of nitriles is 1. The van der Waals surface area contributed by atoms with Gasteiger partial charge in [-0.1, -0.05) is 30.3 Å². The van der Waals surface area contributed by atoms with Crippen molar-refractivity contribution >= 4 is 7.82 Å². The van der Waals surface area contributed by atoms with Gasteiger partial charge in [0.1, 0.15) is 0 Å². The molecule has 0 aromatic heterocycles. The summed E-state index contributed by atoms with van der Waals surface area (Å²) in [5.74, 6) is 0. The van der Waals surface area contributed by atoms with Crippen LogP contribution in [0.15, 0.2) is 29.4 Å². The van der Waals surface area contributed by atoms with Crippen molar-refractivity contribution in [2.24, 2.45) is 5.11 Å². The van der Waals surface area contributed by atoms with Crippen molar-refractivity contribution in [3.63, 3.8) is 0 Å². The van der Waals surface area contributed by atoms with E-state index in [4.69, 9.17) is 43.1 Å². The summed E-state index contributed by atoms with van der Waals surface area (Å²) in [6.07, 6.45) is 4.68. The number of rotatable bonds is 12. The van der Waals surface area contributed by atoms with E-state index < -0.39 is 20.0 Å². The Morgan fingerprint density at radius 1 is 1.13 bits per heavy atom. The van der Waals surface area contributed by atoms with Crippen molar-refractivity contribution in [2.75, 3.05) is 20.3 Å². The fourth-order valence-corrected chi connectivity index (χ4v) is 2.80. The average Bonchev–Trinajstić information content (AvgIpc) is 2.77. The molecule has 0 bridgehead atoms. The summed E-state index contributed by atoms with van der Waals surface area (Å²) in [5, 5.41) is 12.6. The van der Waals surface area contributed by atoms with E-state index in [0.717, 1.165) is 0 Å². The number of ether oxygens (including phenoxy) is 1. The monoisotopic (exact) mass is 498 g/mol. The number of nitrogens with zero attached hydrogens (tertiary/aromatic N) is 4. The molecule has 14 heteroatoms. The molecule has 0 aliphatic rings. The minimum atomic E-state index is -3.77. The number of methoxy groups -OCH3 is 1. The average molecular weight is 498 g/mol. The van der Waals surface area contributed by atoms with Crippen molar-refractivity contribution in [1.82, 2.24) is 0 Å². The Hall–Kier alpha value is -1.91. The van der Waals surface area contributed by atoms with Crippen LogP contribution >= 0.6 is 7.82 Å². The van der Waals surface area contributed by atoms with Crippen molar-refractivity contribution in [3.05, 3.63) is 54.7 Å². The van der Waals surface area contributed by atoms with Crippen LogP contribution < -0.4 is 0 Å². The van der Waals surface area contributed by atoms with Crippen LogP contribution in [0.1, 0.15) is 20.8 Å². The minimum Gasteiger partial charge on any atom is 0 e. The van der Waals surface area contributed by atoms with Gasteiger partial charge in [-0.05, 0) is 25.5 Å². The predicted molar refractivity (Wildman–Crippen MR) is 101 cm³/mol. The van der Waals surface area contributed by atoms with E-state index in [1.807, 2.05) is 6.07 Å². The Kier molecular flexibility index (Phi) is 38.6. The van der Waals surface area contributed by atoms with Crippen LogP contribution in [0, 0.1) is 31.3 Å². The molecule has 0 aliphatic carbocycles. The third kappa shape index (κ3) is 22.6. The molecule has 0 N–H and O–H groups in total. The van der Waals surface area contributed by atoms with Gasteiger partial charge in [-0.2, -0.15) is 5.26 Å². The molecule has 1 unspecified atom stereocenters. The van der Waals surface area contributed by atoms with Gasteiger partial charge in [-0.15, -0.1) is 0 Å². The minimum absolute atomic E-state index is 0. The summed E-state index contributed by atoms with van der Waals surface area (Å²) in [6.45, 7) is 18.8. The Balaban J connectivity index is -0.000000294. The molecule has 0 saturated carbocycles. The van der Waals surface area contributed by atoms with Crippen molar-refractivity contribution in [2.45, 2.75) is 39.0 Å². The van der Waals surface area contributed by atoms with E-state index in [1.54, 1.807) is 32.9 Å². The van der Waals surface area contributed by atoms with Gasteiger partial charge >= 0.3 is 41.7 Å². The van der Waals surface area contributed by atoms with Crippen LogP contribution in [0.4, 0.5) is 0 Å². The summed E-state index contributed by atoms with van der Waals surface area (Å²) in [5.41, 5.74) is 8.41. The molecule has 12 nitrogen and oxygen atoms in total. The molecule has 31 heavy (non-hydrogen) atoms. The van der Waals surface area contributed by atoms with E-state index in [2.05, 4.69) is 30.0 Å². The van der Waals surface area contributed by atoms with E-state index in [9.17, 15) is 4.57 Å². The van der Waals surface area contributed by atoms with Gasteiger partial charge < -0.3 is 4.74 Å². The van der Waals surface area contributed by atoms with Gasteiger partial charge in [-0.25, -0.2) is 4.57 Å². The first-order valence-electron chi connectivity index (χ1n) is 7.96. The zero-order valence-corrected chi connectivity index (χ0v) is 19.3. The topological polar surface area (TPSA) is 186 Å². The standard InChI is InChI=1S/C14H23N4O5P.3CO.Fe/c1-5-21-24(19,22-6-2)23-13(11-15)9-7-8-10-14(20-4)12(3)17-18-16;3*1-2;/h7-10,12-14H,5-6H2,1-4H3;;;;/b9-7+,10-8+;;;;/t12-,13?,14+;;;;/m1..../s1. The second-order valence-electron chi connectivity index (χ2n) is 4.35. The van der Waals surface area contributed by atoms with Gasteiger partial charge in [0.2, 0.25) is 0 Å². The van der Waals surface area contributed by atoms with E-state index in [-0.39, 0.29) is 36.3 Å². The summed E-state index contributed by atoms with van der Waals surface area (Å²) < 4.78 is 54.9. The van der Waals surface area contributed by atoms with Crippen molar-refractivity contribution in [1.29, 1.82) is 5.26 Å². The number of allylic oxidation sites excluding steroid dienone is 2. The molecule has 3 atom stereocenters. The van der Waals surface area contributed by atoms with Crippen molar-refractivity contribution < 1.29 is 53.9 Å². The molecule has 0 aliphatic heterocycles. The van der Waals surface area contributed by atoms with Gasteiger partial charge in [-0.3, -0.25) is 13.6 Å². The number of hydrogen-bond acceptors (Lipinski definition) is 7. The third-order valence-electron chi connectivity index (χ3n) is 2.62. The molecular formula is C17H23FeN4O8P. The normalized spacial score (nSPS) is 12.4. The first kappa shape index (κ1) is 39.6. The maximum Gasteiger partial charge on any atom is 0 e. The Labute approximate surface area is 192 Å². The third-order valence-corrected chi connectivity index (χ3v) is 4.26. The quantitative estimate of drug-likeness (QED) is 0.0575. The zero-order chi connectivity index (χ0) is 24.4. The fourth-order valence-electron chi connectivity index (χ4n) is 1.58. The summed E-state index contributed by atoms with van der Waals surface area (Å²) in [6, 6.07) is 1.46. The second kappa shape index (κ2) is 30.3. The smallest absolute Gasteiger partial charge is 0 e. The molecule has 0 rings (SSSR count). The summed E-state index contributed by atoms with van der Waals surface area (Å²) in [4.78, 5) is 2.72. The van der Waals surface area contributed by atoms with Gasteiger partial charge in [0.15, 0.2) is 6.10 Å². The maximum absolute atomic E-state index is 12.2. The number of phosphoric acid groups is 1. The zero-order valence-electron chi connectivity index (χ0n) is 17.3. The Morgan fingerprint density at radius 3 is 1.94 bits per heavy atom. The summed E-state index contributed by atoms with van der Waals surface area (Å²) in [7, 11) is -2.28. The predicted octanol–water partition coefficient (Wildman–Crippen LogP) is 3.79. The van der Waals surface area contributed by atoms with Crippen LogP contribution in [-0.2, 0) is 53.9 Å². The Morgan fingerprint density at radius 2 is 1.58 bits per heavy atom. The van der Waals surface area contributed by atoms with E-state index in [0.29, 0.717) is 0 Å². The van der Waals surface area contributed by atoms with Crippen LogP contribution in [0.3, 0.4) is 0 Å². The molecule has 0 saturated heterocycles. The van der Waals surface area contributed by atoms with Crippen LogP contribution in [0.25, 0.3) is 10.4 Å². The first-order chi connectivity index (χ1) is 14.5. The molecule has 0 spiro atoms. The molecule has 0 radical (unpaired) electrons. The Bertz CT molecular complexity index is 660. The number of azide groups is 1. The molecule has 0 aromatic carbocycles. The number of phosphoric ester groups is 1. The first-order valence-corrected chi connectivity index (χ1v) is 9.42. The van der Waals surface area contributed by atoms with E-state index in [1.165, 1.54) is 19.3 Å². The molecular weight excluding hydrogens is 475 g/mol. The van der Waals surface area contributed by atoms with Crippen LogP contribution in [0.5, 0.6) is 0 Å². The molecule has 172 valence electrons. The van der Waals surface area contributed by atoms with Crippen molar-refractivity contribution in [3.8, 4) is 6.07 Å². The summed E-state index contributed by atoms with van der Waals surface area (Å²) >= 11 is 0. The largest absolute Gasteiger partial charge is 0 e. The van der Waals surface area contributed by atoms with Crippen LogP contribution in [-0.4, -0.2) is 38.6 Å². The fraction of sp³-hybridized carbons (Fsp3) is 0.529.